The van der Waals surface area contributed by atoms with Crippen LogP contribution in [0, 0.1) is 5.82 Å². The van der Waals surface area contributed by atoms with E-state index in [1.165, 1.54) is 24.3 Å². The maximum atomic E-state index is 13.3. The average molecular weight is 426 g/mol. The van der Waals surface area contributed by atoms with Crippen LogP contribution in [-0.4, -0.2) is 24.9 Å². The highest BCUT2D eigenvalue weighted by atomic mass is 19.1. The van der Waals surface area contributed by atoms with Crippen LogP contribution in [0.2, 0.25) is 0 Å². The number of hydrogen-bond donors (Lipinski definition) is 1. The molecule has 1 N–H and O–H groups in total. The number of hydrogen-bond acceptors (Lipinski definition) is 2. The molecule has 0 saturated heterocycles. The van der Waals surface area contributed by atoms with Gasteiger partial charge < -0.3 is 10.2 Å². The summed E-state index contributed by atoms with van der Waals surface area (Å²) in [6, 6.07) is 28.3. The molecule has 0 aliphatic rings. The number of nitrogens with one attached hydrogen (secondary N) is 1. The van der Waals surface area contributed by atoms with E-state index >= 15 is 0 Å². The van der Waals surface area contributed by atoms with E-state index in [2.05, 4.69) is 5.32 Å². The summed E-state index contributed by atoms with van der Waals surface area (Å²) in [4.78, 5) is 27.5. The van der Waals surface area contributed by atoms with Crippen molar-refractivity contribution in [2.75, 3.05) is 18.0 Å². The molecule has 0 aromatic heterocycles. The minimum absolute atomic E-state index is 0.141. The molecule has 0 fully saturated rings. The predicted octanol–water partition coefficient (Wildman–Crippen LogP) is 5.45. The van der Waals surface area contributed by atoms with Gasteiger partial charge in [-0.2, -0.15) is 0 Å². The standard InChI is InChI=1S/C27H23FN2O2/c28-22-16-14-21(15-17-22)27(32)30(23-10-2-1-3-11-23)19-7-18-29-26(31)25-13-6-9-20-8-4-5-12-24(20)25/h1-6,8-17H,7,18-19H2,(H,29,31). The summed E-state index contributed by atoms with van der Waals surface area (Å²) in [7, 11) is 0. The van der Waals surface area contributed by atoms with Gasteiger partial charge in [-0.25, -0.2) is 4.39 Å². The molecule has 0 saturated carbocycles. The maximum Gasteiger partial charge on any atom is 0.258 e. The third kappa shape index (κ3) is 4.83. The lowest BCUT2D eigenvalue weighted by atomic mass is 10.0. The number of rotatable bonds is 7. The fourth-order valence-corrected chi connectivity index (χ4v) is 3.66. The van der Waals surface area contributed by atoms with E-state index in [9.17, 15) is 14.0 Å². The SMILES string of the molecule is O=C(NCCCN(C(=O)c1ccc(F)cc1)c1ccccc1)c1cccc2ccccc12. The number of nitrogens with zero attached hydrogens (tertiary/aromatic N) is 1. The van der Waals surface area contributed by atoms with Crippen LogP contribution >= 0.6 is 0 Å². The van der Waals surface area contributed by atoms with Gasteiger partial charge in [-0.05, 0) is 59.7 Å². The van der Waals surface area contributed by atoms with Crippen LogP contribution in [0.3, 0.4) is 0 Å². The summed E-state index contributed by atoms with van der Waals surface area (Å²) in [6.45, 7) is 0.831. The molecule has 0 radical (unpaired) electrons. The highest BCUT2D eigenvalue weighted by Gasteiger charge is 2.18. The van der Waals surface area contributed by atoms with Crippen molar-refractivity contribution in [1.29, 1.82) is 0 Å². The first-order valence-corrected chi connectivity index (χ1v) is 10.5. The normalized spacial score (nSPS) is 10.7. The summed E-state index contributed by atoms with van der Waals surface area (Å²) >= 11 is 0. The van der Waals surface area contributed by atoms with Crippen LogP contribution in [0.15, 0.2) is 97.1 Å². The first-order valence-electron chi connectivity index (χ1n) is 10.5. The molecule has 4 aromatic rings. The minimum Gasteiger partial charge on any atom is -0.352 e. The zero-order chi connectivity index (χ0) is 22.3. The Bertz CT molecular complexity index is 1220. The second-order valence-corrected chi connectivity index (χ2v) is 7.44. The van der Waals surface area contributed by atoms with Crippen molar-refractivity contribution in [3.63, 3.8) is 0 Å². The molecule has 4 aromatic carbocycles. The number of para-hydroxylation sites is 1. The first kappa shape index (κ1) is 21.2. The number of carbonyl (C=O) groups is 2. The third-order valence-electron chi connectivity index (χ3n) is 5.28. The molecule has 4 rings (SSSR count). The van der Waals surface area contributed by atoms with Crippen LogP contribution in [0.25, 0.3) is 10.8 Å². The molecule has 0 unspecified atom stereocenters. The van der Waals surface area contributed by atoms with Crippen molar-refractivity contribution in [2.45, 2.75) is 6.42 Å². The molecule has 0 atom stereocenters. The monoisotopic (exact) mass is 426 g/mol. The van der Waals surface area contributed by atoms with Crippen molar-refractivity contribution >= 4 is 28.3 Å². The van der Waals surface area contributed by atoms with E-state index in [0.717, 1.165) is 16.5 Å². The Morgan fingerprint density at radius 3 is 2.25 bits per heavy atom. The molecule has 0 aliphatic heterocycles. The van der Waals surface area contributed by atoms with Gasteiger partial charge in [0.2, 0.25) is 0 Å². The van der Waals surface area contributed by atoms with Gasteiger partial charge in [-0.1, -0.05) is 54.6 Å². The molecule has 160 valence electrons. The van der Waals surface area contributed by atoms with Gasteiger partial charge in [0.15, 0.2) is 0 Å². The molecule has 4 nitrogen and oxygen atoms in total. The molecule has 0 heterocycles. The van der Waals surface area contributed by atoms with Crippen molar-refractivity contribution in [2.24, 2.45) is 0 Å². The van der Waals surface area contributed by atoms with Crippen LogP contribution in [0.1, 0.15) is 27.1 Å². The third-order valence-corrected chi connectivity index (χ3v) is 5.28. The Balaban J connectivity index is 1.43. The van der Waals surface area contributed by atoms with Gasteiger partial charge in [-0.3, -0.25) is 9.59 Å². The van der Waals surface area contributed by atoms with E-state index in [0.29, 0.717) is 30.6 Å². The zero-order valence-electron chi connectivity index (χ0n) is 17.5. The molecule has 2 amide bonds. The number of amides is 2. The lowest BCUT2D eigenvalue weighted by Crippen LogP contribution is -2.34. The fraction of sp³-hybridized carbons (Fsp3) is 0.111. The molecule has 32 heavy (non-hydrogen) atoms. The predicted molar refractivity (Wildman–Crippen MR) is 125 cm³/mol. The molecular weight excluding hydrogens is 403 g/mol. The largest absolute Gasteiger partial charge is 0.352 e. The number of fused-ring (bicyclic) bond motifs is 1. The summed E-state index contributed by atoms with van der Waals surface area (Å²) in [5.74, 6) is -0.738. The van der Waals surface area contributed by atoms with Crippen molar-refractivity contribution < 1.29 is 14.0 Å². The van der Waals surface area contributed by atoms with Crippen molar-refractivity contribution in [1.82, 2.24) is 5.32 Å². The van der Waals surface area contributed by atoms with Gasteiger partial charge >= 0.3 is 0 Å². The van der Waals surface area contributed by atoms with E-state index in [1.54, 1.807) is 4.90 Å². The van der Waals surface area contributed by atoms with Crippen molar-refractivity contribution in [3.05, 3.63) is 114 Å². The minimum atomic E-state index is -0.385. The molecule has 0 aliphatic carbocycles. The van der Waals surface area contributed by atoms with Crippen molar-refractivity contribution in [3.8, 4) is 0 Å². The second kappa shape index (κ2) is 9.88. The Morgan fingerprint density at radius 2 is 1.47 bits per heavy atom. The van der Waals surface area contributed by atoms with Gasteiger partial charge in [-0.15, -0.1) is 0 Å². The Hall–Kier alpha value is -3.99. The van der Waals surface area contributed by atoms with Gasteiger partial charge in [0.25, 0.3) is 11.8 Å². The smallest absolute Gasteiger partial charge is 0.258 e. The molecular formula is C27H23FN2O2. The highest BCUT2D eigenvalue weighted by molar-refractivity contribution is 6.07. The summed E-state index contributed by atoms with van der Waals surface area (Å²) in [5, 5.41) is 4.88. The lowest BCUT2D eigenvalue weighted by molar-refractivity contribution is 0.0955. The van der Waals surface area contributed by atoms with Gasteiger partial charge in [0.1, 0.15) is 5.82 Å². The van der Waals surface area contributed by atoms with Crippen LogP contribution in [0.5, 0.6) is 0 Å². The molecule has 0 bridgehead atoms. The van der Waals surface area contributed by atoms with Gasteiger partial charge in [0.05, 0.1) is 0 Å². The Kier molecular flexibility index (Phi) is 6.56. The van der Waals surface area contributed by atoms with Crippen LogP contribution in [0.4, 0.5) is 10.1 Å². The van der Waals surface area contributed by atoms with Crippen LogP contribution in [-0.2, 0) is 0 Å². The Morgan fingerprint density at radius 1 is 0.781 bits per heavy atom. The topological polar surface area (TPSA) is 49.4 Å². The number of carbonyl (C=O) groups excluding carboxylic acids is 2. The number of anilines is 1. The quantitative estimate of drug-likeness (QED) is 0.400. The van der Waals surface area contributed by atoms with E-state index in [4.69, 9.17) is 0 Å². The van der Waals surface area contributed by atoms with E-state index < -0.39 is 0 Å². The fourth-order valence-electron chi connectivity index (χ4n) is 3.66. The second-order valence-electron chi connectivity index (χ2n) is 7.44. The summed E-state index contributed by atoms with van der Waals surface area (Å²) in [6.07, 6.45) is 0.568. The van der Waals surface area contributed by atoms with Crippen LogP contribution < -0.4 is 10.2 Å². The zero-order valence-corrected chi connectivity index (χ0v) is 17.5. The van der Waals surface area contributed by atoms with E-state index in [1.807, 2.05) is 72.8 Å². The average Bonchev–Trinajstić information content (AvgIpc) is 2.84. The number of halogens is 1. The molecule has 5 heteroatoms. The lowest BCUT2D eigenvalue weighted by Gasteiger charge is -2.23. The molecule has 0 spiro atoms. The maximum absolute atomic E-state index is 13.3. The first-order chi connectivity index (χ1) is 15.6. The summed E-state index contributed by atoms with van der Waals surface area (Å²) < 4.78 is 13.3. The van der Waals surface area contributed by atoms with E-state index in [-0.39, 0.29) is 17.6 Å². The highest BCUT2D eigenvalue weighted by Crippen LogP contribution is 2.19. The summed E-state index contributed by atoms with van der Waals surface area (Å²) in [5.41, 5.74) is 1.79. The Labute approximate surface area is 186 Å². The number of benzene rings is 4. The van der Waals surface area contributed by atoms with Gasteiger partial charge in [0, 0.05) is 29.9 Å².